The van der Waals surface area contributed by atoms with Crippen LogP contribution in [-0.4, -0.2) is 136 Å². The third-order valence-electron chi connectivity index (χ3n) is 12.3. The van der Waals surface area contributed by atoms with E-state index in [-0.39, 0.29) is 48.4 Å². The number of imide groups is 2. The summed E-state index contributed by atoms with van der Waals surface area (Å²) in [6.45, 7) is 9.57. The second-order valence-electron chi connectivity index (χ2n) is 17.2. The smallest absolute Gasteiger partial charge is 0.339 e. The Hall–Kier alpha value is -7.13. The van der Waals surface area contributed by atoms with E-state index in [1.165, 1.54) is 0 Å². The highest BCUT2D eigenvalue weighted by atomic mass is 16.6. The molecule has 0 bridgehead atoms. The lowest BCUT2D eigenvalue weighted by Gasteiger charge is -2.36. The number of piperidine rings is 1. The first-order valence-corrected chi connectivity index (χ1v) is 22.3. The molecule has 4 amide bonds. The molecular weight excluding hydrogens is 863 g/mol. The summed E-state index contributed by atoms with van der Waals surface area (Å²) in [4.78, 5) is 77.6. The lowest BCUT2D eigenvalue weighted by atomic mass is 9.95. The lowest BCUT2D eigenvalue weighted by Crippen LogP contribution is -2.54. The van der Waals surface area contributed by atoms with E-state index in [4.69, 9.17) is 18.9 Å². The van der Waals surface area contributed by atoms with E-state index >= 15 is 0 Å². The number of nitrogens with one attached hydrogen (secondary N) is 4. The lowest BCUT2D eigenvalue weighted by molar-refractivity contribution is -0.136. The van der Waals surface area contributed by atoms with Gasteiger partial charge in [0.1, 0.15) is 17.5 Å². The van der Waals surface area contributed by atoms with Crippen molar-refractivity contribution in [2.75, 3.05) is 81.2 Å². The van der Waals surface area contributed by atoms with Crippen LogP contribution >= 0.6 is 0 Å². The molecule has 0 aliphatic carbocycles. The van der Waals surface area contributed by atoms with Crippen molar-refractivity contribution in [1.29, 1.82) is 0 Å². The highest BCUT2D eigenvalue weighted by molar-refractivity contribution is 6.23. The number of cyclic esters (lactones) is 1. The van der Waals surface area contributed by atoms with Crippen LogP contribution in [0, 0.1) is 0 Å². The SMILES string of the molecule is CC1(C)OC(=O)c2ccc(Nc3ncc(-c4nnc(CCNCCOCCN5CCN(c6ccc7c(c6)C(=O)N(C6CCC(=O)NC6=O)C7=O)CC5)o4)c(N[C@H](CO)c4ccccc4)n3)cc21. The summed E-state index contributed by atoms with van der Waals surface area (Å²) in [5, 5.41) is 31.1. The molecule has 2 aromatic heterocycles. The van der Waals surface area contributed by atoms with Gasteiger partial charge < -0.3 is 39.8 Å². The molecule has 0 radical (unpaired) electrons. The molecule has 20 heteroatoms. The van der Waals surface area contributed by atoms with E-state index in [1.807, 2.05) is 56.3 Å². The maximum Gasteiger partial charge on any atom is 0.339 e. The van der Waals surface area contributed by atoms with Crippen LogP contribution in [0.3, 0.4) is 0 Å². The Labute approximate surface area is 385 Å². The van der Waals surface area contributed by atoms with Crippen LogP contribution in [0.4, 0.5) is 23.1 Å². The van der Waals surface area contributed by atoms with Crippen molar-refractivity contribution in [3.05, 3.63) is 107 Å². The molecule has 0 saturated carbocycles. The zero-order valence-corrected chi connectivity index (χ0v) is 37.1. The fourth-order valence-electron chi connectivity index (χ4n) is 8.67. The number of carbonyl (C=O) groups is 5. The minimum absolute atomic E-state index is 0.0751. The fourth-order valence-corrected chi connectivity index (χ4v) is 8.67. The molecule has 20 nitrogen and oxygen atoms in total. The number of carbonyl (C=O) groups excluding carboxylic acids is 5. The van der Waals surface area contributed by atoms with Crippen LogP contribution < -0.4 is 26.2 Å². The van der Waals surface area contributed by atoms with Gasteiger partial charge in [-0.3, -0.25) is 34.3 Å². The topological polar surface area (TPSA) is 247 Å². The highest BCUT2D eigenvalue weighted by Gasteiger charge is 2.45. The van der Waals surface area contributed by atoms with Gasteiger partial charge in [-0.15, -0.1) is 10.2 Å². The summed E-state index contributed by atoms with van der Waals surface area (Å²) in [6.07, 6.45) is 2.24. The van der Waals surface area contributed by atoms with Gasteiger partial charge in [-0.1, -0.05) is 30.3 Å². The Morgan fingerprint density at radius 2 is 1.69 bits per heavy atom. The molecule has 5 N–H and O–H groups in total. The third kappa shape index (κ3) is 9.73. The third-order valence-corrected chi connectivity index (χ3v) is 12.3. The number of hydrogen-bond acceptors (Lipinski definition) is 18. The zero-order chi connectivity index (χ0) is 46.7. The summed E-state index contributed by atoms with van der Waals surface area (Å²) in [5.41, 5.74) is 3.85. The average Bonchev–Trinajstić information content (AvgIpc) is 3.97. The molecule has 4 aliphatic heterocycles. The van der Waals surface area contributed by atoms with Gasteiger partial charge in [0.05, 0.1) is 48.1 Å². The van der Waals surface area contributed by atoms with Crippen LogP contribution in [0.25, 0.3) is 11.5 Å². The number of fused-ring (bicyclic) bond motifs is 2. The molecule has 2 fully saturated rings. The minimum Gasteiger partial charge on any atom is -0.451 e. The van der Waals surface area contributed by atoms with E-state index in [0.29, 0.717) is 61.2 Å². The Bertz CT molecular complexity index is 2690. The summed E-state index contributed by atoms with van der Waals surface area (Å²) < 4.78 is 17.5. The Morgan fingerprint density at radius 3 is 2.48 bits per heavy atom. The van der Waals surface area contributed by atoms with Crippen molar-refractivity contribution < 1.29 is 43.0 Å². The van der Waals surface area contributed by atoms with Crippen molar-refractivity contribution in [1.82, 2.24) is 40.6 Å². The quantitative estimate of drug-likeness (QED) is 0.0481. The molecular formula is C47H51N11O9. The molecule has 0 spiro atoms. The first-order chi connectivity index (χ1) is 32.4. The maximum absolute atomic E-state index is 13.3. The van der Waals surface area contributed by atoms with Gasteiger partial charge in [0.15, 0.2) is 0 Å². The number of aliphatic hydroxyl groups excluding tert-OH is 1. The second-order valence-corrected chi connectivity index (χ2v) is 17.2. The molecule has 2 saturated heterocycles. The van der Waals surface area contributed by atoms with Crippen molar-refractivity contribution >= 4 is 52.7 Å². The summed E-state index contributed by atoms with van der Waals surface area (Å²) in [5.74, 6) is -1.16. The number of aliphatic hydroxyl groups is 1. The normalized spacial score (nSPS) is 18.4. The van der Waals surface area contributed by atoms with Crippen LogP contribution in [0.1, 0.15) is 80.8 Å². The largest absolute Gasteiger partial charge is 0.451 e. The first-order valence-electron chi connectivity index (χ1n) is 22.3. The number of benzene rings is 3. The zero-order valence-electron chi connectivity index (χ0n) is 37.1. The molecule has 67 heavy (non-hydrogen) atoms. The second kappa shape index (κ2) is 19.4. The van der Waals surface area contributed by atoms with E-state index in [9.17, 15) is 29.1 Å². The maximum atomic E-state index is 13.3. The van der Waals surface area contributed by atoms with E-state index in [0.717, 1.165) is 54.4 Å². The molecule has 2 atom stereocenters. The van der Waals surface area contributed by atoms with Crippen molar-refractivity contribution in [3.63, 3.8) is 0 Å². The summed E-state index contributed by atoms with van der Waals surface area (Å²) in [7, 11) is 0. The van der Waals surface area contributed by atoms with Gasteiger partial charge in [-0.2, -0.15) is 4.98 Å². The predicted octanol–water partition coefficient (Wildman–Crippen LogP) is 3.19. The number of ether oxygens (including phenoxy) is 2. The van der Waals surface area contributed by atoms with Gasteiger partial charge >= 0.3 is 5.97 Å². The van der Waals surface area contributed by atoms with Gasteiger partial charge in [-0.05, 0) is 62.2 Å². The van der Waals surface area contributed by atoms with Crippen LogP contribution in [-0.2, 0) is 31.1 Å². The van der Waals surface area contributed by atoms with Crippen molar-refractivity contribution in [2.45, 2.75) is 50.8 Å². The summed E-state index contributed by atoms with van der Waals surface area (Å²) >= 11 is 0. The van der Waals surface area contributed by atoms with Gasteiger partial charge in [-0.25, -0.2) is 9.78 Å². The molecule has 9 rings (SSSR count). The van der Waals surface area contributed by atoms with Crippen LogP contribution in [0.2, 0.25) is 0 Å². The Balaban J connectivity index is 0.726. The number of anilines is 4. The number of amides is 4. The monoisotopic (exact) mass is 913 g/mol. The minimum atomic E-state index is -0.993. The van der Waals surface area contributed by atoms with E-state index in [2.05, 4.69) is 46.2 Å². The number of rotatable bonds is 18. The van der Waals surface area contributed by atoms with Gasteiger partial charge in [0, 0.05) is 81.8 Å². The van der Waals surface area contributed by atoms with E-state index < -0.39 is 41.3 Å². The standard InChI is InChI=1S/C47H51N11O9/c1-47(2)35-24-29(8-10-32(35)45(64)67-47)50-46-49-26-34(40(53-46)51-36(27-59)28-6-4-3-5-7-28)42-55-54-39(66-42)14-15-48-16-22-65-23-21-56-17-19-57(20-18-56)30-9-11-31-33(25-30)44(63)58(43(31)62)37-12-13-38(60)52-41(37)61/h3-11,24-26,36-37,48,59H,12-23,27H2,1-2H3,(H,52,60,61)(H2,49,50,51,53)/t36-,37?/m1/s1. The highest BCUT2D eigenvalue weighted by Crippen LogP contribution is 2.38. The number of hydrogen-bond donors (Lipinski definition) is 5. The van der Waals surface area contributed by atoms with Crippen molar-refractivity contribution in [2.24, 2.45) is 0 Å². The Morgan fingerprint density at radius 1 is 0.896 bits per heavy atom. The molecule has 6 heterocycles. The van der Waals surface area contributed by atoms with Crippen LogP contribution in [0.5, 0.6) is 0 Å². The van der Waals surface area contributed by atoms with E-state index in [1.54, 1.807) is 30.5 Å². The number of piperazine rings is 1. The predicted molar refractivity (Wildman–Crippen MR) is 243 cm³/mol. The Kier molecular flexibility index (Phi) is 13.0. The number of aromatic nitrogens is 4. The average molecular weight is 914 g/mol. The molecule has 4 aliphatic rings. The van der Waals surface area contributed by atoms with Crippen LogP contribution in [0.15, 0.2) is 77.3 Å². The molecule has 1 unspecified atom stereocenters. The van der Waals surface area contributed by atoms with Gasteiger partial charge in [0.2, 0.25) is 23.7 Å². The molecule has 3 aromatic carbocycles. The van der Waals surface area contributed by atoms with Gasteiger partial charge in [0.25, 0.3) is 17.7 Å². The number of esters is 1. The fraction of sp³-hybridized carbons (Fsp3) is 0.383. The number of nitrogens with zero attached hydrogens (tertiary/aromatic N) is 7. The van der Waals surface area contributed by atoms with Crippen molar-refractivity contribution in [3.8, 4) is 11.5 Å². The molecule has 5 aromatic rings. The molecule has 348 valence electrons. The summed E-state index contributed by atoms with van der Waals surface area (Å²) in [6, 6.07) is 18.6. The first kappa shape index (κ1) is 45.0.